The number of carbonyl (C=O) groups is 1. The lowest BCUT2D eigenvalue weighted by Gasteiger charge is -2.06. The van der Waals surface area contributed by atoms with Gasteiger partial charge in [0.1, 0.15) is 0 Å². The molecule has 2 rings (SSSR count). The summed E-state index contributed by atoms with van der Waals surface area (Å²) in [6.07, 6.45) is 13.4. The predicted molar refractivity (Wildman–Crippen MR) is 136 cm³/mol. The maximum Gasteiger partial charge on any atom is 0.193 e. The number of hydrogen-bond acceptors (Lipinski definition) is 3. The molecule has 0 N–H and O–H groups in total. The third-order valence-corrected chi connectivity index (χ3v) is 7.31. The van der Waals surface area contributed by atoms with Gasteiger partial charge in [0.25, 0.3) is 0 Å². The Labute approximate surface area is 192 Å². The molecule has 0 bridgehead atoms. The van der Waals surface area contributed by atoms with Crippen molar-refractivity contribution in [3.05, 3.63) is 48.5 Å². The van der Waals surface area contributed by atoms with Crippen LogP contribution in [0, 0.1) is 0 Å². The van der Waals surface area contributed by atoms with E-state index in [-0.39, 0.29) is 5.12 Å². The summed E-state index contributed by atoms with van der Waals surface area (Å²) in [6.45, 7) is 4.48. The van der Waals surface area contributed by atoms with Gasteiger partial charge >= 0.3 is 0 Å². The van der Waals surface area contributed by atoms with Gasteiger partial charge in [0, 0.05) is 16.2 Å². The number of thioether (sulfide) groups is 2. The Bertz CT molecular complexity index is 707. The molecule has 0 aliphatic carbocycles. The smallest absolute Gasteiger partial charge is 0.193 e. The van der Waals surface area contributed by atoms with E-state index in [0.29, 0.717) is 6.42 Å². The summed E-state index contributed by atoms with van der Waals surface area (Å²) in [5.74, 6) is 1.21. The van der Waals surface area contributed by atoms with Gasteiger partial charge in [-0.15, -0.1) is 11.8 Å². The van der Waals surface area contributed by atoms with Crippen molar-refractivity contribution in [2.24, 2.45) is 0 Å². The number of rotatable bonds is 15. The van der Waals surface area contributed by atoms with Crippen LogP contribution < -0.4 is 0 Å². The van der Waals surface area contributed by atoms with Crippen molar-refractivity contribution in [1.82, 2.24) is 0 Å². The summed E-state index contributed by atoms with van der Waals surface area (Å²) in [6, 6.07) is 17.3. The van der Waals surface area contributed by atoms with E-state index in [1.54, 1.807) is 0 Å². The minimum absolute atomic E-state index is 0.287. The monoisotopic (exact) mass is 442 g/mol. The summed E-state index contributed by atoms with van der Waals surface area (Å²) in [4.78, 5) is 14.6. The standard InChI is InChI=1S/C27H38OS2/c1-3-5-7-9-11-13-27(28)30-26-20-16-24(17-21-26)23-14-18-25(19-15-23)29-22-12-10-8-6-4-2/h14-21H,3-13,22H2,1-2H3. The summed E-state index contributed by atoms with van der Waals surface area (Å²) < 4.78 is 0. The Hall–Kier alpha value is -1.19. The average Bonchev–Trinajstić information content (AvgIpc) is 2.77. The fourth-order valence-corrected chi connectivity index (χ4v) is 5.10. The molecule has 1 nitrogen and oxygen atoms in total. The van der Waals surface area contributed by atoms with E-state index in [4.69, 9.17) is 0 Å². The van der Waals surface area contributed by atoms with E-state index in [0.717, 1.165) is 11.3 Å². The molecule has 0 fully saturated rings. The summed E-state index contributed by atoms with van der Waals surface area (Å²) in [5, 5.41) is 0.287. The summed E-state index contributed by atoms with van der Waals surface area (Å²) in [5.41, 5.74) is 2.45. The first-order chi connectivity index (χ1) is 14.7. The van der Waals surface area contributed by atoms with Gasteiger partial charge in [0.2, 0.25) is 0 Å². The molecule has 0 atom stereocenters. The Morgan fingerprint density at radius 2 is 1.13 bits per heavy atom. The SMILES string of the molecule is CCCCCCCSc1ccc(-c2ccc(SC(=O)CCCCCCC)cc2)cc1. The van der Waals surface area contributed by atoms with Gasteiger partial charge in [-0.1, -0.05) is 101 Å². The second-order valence-corrected chi connectivity index (χ2v) is 10.2. The van der Waals surface area contributed by atoms with Crippen molar-refractivity contribution in [3.8, 4) is 11.1 Å². The molecule has 2 aromatic rings. The number of hydrogen-bond donors (Lipinski definition) is 0. The van der Waals surface area contributed by atoms with Crippen molar-refractivity contribution in [1.29, 1.82) is 0 Å². The fraction of sp³-hybridized carbons (Fsp3) is 0.519. The van der Waals surface area contributed by atoms with E-state index in [9.17, 15) is 4.79 Å². The highest BCUT2D eigenvalue weighted by Crippen LogP contribution is 2.28. The molecule has 3 heteroatoms. The summed E-state index contributed by atoms with van der Waals surface area (Å²) >= 11 is 3.35. The zero-order valence-electron chi connectivity index (χ0n) is 18.8. The molecule has 0 aromatic heterocycles. The van der Waals surface area contributed by atoms with Crippen molar-refractivity contribution in [3.63, 3.8) is 0 Å². The van der Waals surface area contributed by atoms with Crippen LogP contribution in [0.25, 0.3) is 11.1 Å². The van der Waals surface area contributed by atoms with Crippen molar-refractivity contribution >= 4 is 28.6 Å². The molecule has 0 aliphatic rings. The maximum absolute atomic E-state index is 12.2. The van der Waals surface area contributed by atoms with Crippen LogP contribution in [0.3, 0.4) is 0 Å². The van der Waals surface area contributed by atoms with Crippen molar-refractivity contribution in [2.75, 3.05) is 5.75 Å². The molecule has 2 aromatic carbocycles. The zero-order valence-corrected chi connectivity index (χ0v) is 20.5. The highest BCUT2D eigenvalue weighted by molar-refractivity contribution is 8.13. The first-order valence-corrected chi connectivity index (χ1v) is 13.6. The number of benzene rings is 2. The molecular weight excluding hydrogens is 404 g/mol. The lowest BCUT2D eigenvalue weighted by Crippen LogP contribution is -1.91. The Morgan fingerprint density at radius 1 is 0.633 bits per heavy atom. The Kier molecular flexibility index (Phi) is 13.0. The molecule has 0 saturated carbocycles. The molecule has 0 aliphatic heterocycles. The van der Waals surface area contributed by atoms with Crippen molar-refractivity contribution in [2.45, 2.75) is 94.3 Å². The topological polar surface area (TPSA) is 17.1 Å². The molecule has 30 heavy (non-hydrogen) atoms. The van der Waals surface area contributed by atoms with Crippen LogP contribution in [-0.2, 0) is 4.79 Å². The van der Waals surface area contributed by atoms with E-state index >= 15 is 0 Å². The van der Waals surface area contributed by atoms with Gasteiger partial charge in [0.05, 0.1) is 0 Å². The molecule has 0 amide bonds. The molecule has 0 radical (unpaired) electrons. The van der Waals surface area contributed by atoms with Crippen molar-refractivity contribution < 1.29 is 4.79 Å². The van der Waals surface area contributed by atoms with E-state index in [1.807, 2.05) is 11.8 Å². The first kappa shape index (κ1) is 25.1. The van der Waals surface area contributed by atoms with E-state index in [2.05, 4.69) is 62.4 Å². The van der Waals surface area contributed by atoms with Crippen LogP contribution in [0.4, 0.5) is 0 Å². The summed E-state index contributed by atoms with van der Waals surface area (Å²) in [7, 11) is 0. The van der Waals surface area contributed by atoms with Crippen LogP contribution in [-0.4, -0.2) is 10.9 Å². The highest BCUT2D eigenvalue weighted by Gasteiger charge is 2.06. The molecule has 164 valence electrons. The van der Waals surface area contributed by atoms with Gasteiger partial charge in [-0.05, 0) is 54.0 Å². The van der Waals surface area contributed by atoms with Gasteiger partial charge in [-0.25, -0.2) is 0 Å². The molecule has 0 spiro atoms. The molecular formula is C27H38OS2. The molecule has 0 saturated heterocycles. The first-order valence-electron chi connectivity index (χ1n) is 11.8. The van der Waals surface area contributed by atoms with E-state index in [1.165, 1.54) is 91.3 Å². The largest absolute Gasteiger partial charge is 0.287 e. The Morgan fingerprint density at radius 3 is 1.70 bits per heavy atom. The van der Waals surface area contributed by atoms with Crippen LogP contribution in [0.15, 0.2) is 58.3 Å². The molecule has 0 heterocycles. The number of unbranched alkanes of at least 4 members (excludes halogenated alkanes) is 8. The minimum Gasteiger partial charge on any atom is -0.287 e. The third kappa shape index (κ3) is 10.2. The van der Waals surface area contributed by atoms with Crippen LogP contribution in [0.5, 0.6) is 0 Å². The average molecular weight is 443 g/mol. The second kappa shape index (κ2) is 15.6. The van der Waals surface area contributed by atoms with Gasteiger partial charge < -0.3 is 0 Å². The van der Waals surface area contributed by atoms with Gasteiger partial charge in [-0.3, -0.25) is 4.79 Å². The quantitative estimate of drug-likeness (QED) is 0.202. The van der Waals surface area contributed by atoms with Gasteiger partial charge in [-0.2, -0.15) is 0 Å². The second-order valence-electron chi connectivity index (χ2n) is 7.95. The van der Waals surface area contributed by atoms with Crippen LogP contribution in [0.1, 0.15) is 84.5 Å². The lowest BCUT2D eigenvalue weighted by molar-refractivity contribution is -0.111. The maximum atomic E-state index is 12.2. The lowest BCUT2D eigenvalue weighted by atomic mass is 10.1. The number of carbonyl (C=O) groups excluding carboxylic acids is 1. The minimum atomic E-state index is 0.287. The van der Waals surface area contributed by atoms with E-state index < -0.39 is 0 Å². The van der Waals surface area contributed by atoms with Gasteiger partial charge in [0.15, 0.2) is 5.12 Å². The third-order valence-electron chi connectivity index (χ3n) is 5.27. The highest BCUT2D eigenvalue weighted by atomic mass is 32.2. The normalized spacial score (nSPS) is 11.0. The Balaban J connectivity index is 1.74. The van der Waals surface area contributed by atoms with Crippen LogP contribution in [0.2, 0.25) is 0 Å². The zero-order chi connectivity index (χ0) is 21.4. The fourth-order valence-electron chi connectivity index (χ4n) is 3.41. The predicted octanol–water partition coefficient (Wildman–Crippen LogP) is 9.40. The molecule has 0 unspecified atom stereocenters. The van der Waals surface area contributed by atoms with Crippen LogP contribution >= 0.6 is 23.5 Å².